The highest BCUT2D eigenvalue weighted by atomic mass is 32.2. The fraction of sp³-hybridized carbons (Fsp3) is 0. The van der Waals surface area contributed by atoms with Crippen molar-refractivity contribution in [3.05, 3.63) is 72.1 Å². The molecule has 0 bridgehead atoms. The van der Waals surface area contributed by atoms with Crippen LogP contribution >= 0.6 is 11.8 Å². The lowest BCUT2D eigenvalue weighted by Crippen LogP contribution is -2.24. The Morgan fingerprint density at radius 3 is 2.32 bits per heavy atom. The molecule has 0 atom stereocenters. The molecule has 0 unspecified atom stereocenters. The van der Waals surface area contributed by atoms with Gasteiger partial charge in [0.2, 0.25) is 0 Å². The van der Waals surface area contributed by atoms with Crippen molar-refractivity contribution >= 4 is 17.7 Å². The summed E-state index contributed by atoms with van der Waals surface area (Å²) in [6, 6.07) is 18.9. The van der Waals surface area contributed by atoms with Crippen molar-refractivity contribution in [3.63, 3.8) is 0 Å². The SMILES string of the molecule is O=C(/C=C/Sc1ccccc1)NOc1ccccc1. The molecule has 19 heavy (non-hydrogen) atoms. The first-order valence-corrected chi connectivity index (χ1v) is 6.63. The Labute approximate surface area is 116 Å². The average Bonchev–Trinajstić information content (AvgIpc) is 2.47. The smallest absolute Gasteiger partial charge is 0.277 e. The topological polar surface area (TPSA) is 38.3 Å². The van der Waals surface area contributed by atoms with Crippen molar-refractivity contribution in [1.29, 1.82) is 0 Å². The van der Waals surface area contributed by atoms with Crippen LogP contribution in [0.2, 0.25) is 0 Å². The Morgan fingerprint density at radius 1 is 1.00 bits per heavy atom. The third-order valence-electron chi connectivity index (χ3n) is 2.18. The zero-order valence-electron chi connectivity index (χ0n) is 10.2. The van der Waals surface area contributed by atoms with Gasteiger partial charge < -0.3 is 4.84 Å². The summed E-state index contributed by atoms with van der Waals surface area (Å²) >= 11 is 1.47. The summed E-state index contributed by atoms with van der Waals surface area (Å²) in [5.41, 5.74) is 2.35. The molecule has 0 heterocycles. The molecule has 0 fully saturated rings. The predicted molar refractivity (Wildman–Crippen MR) is 76.7 cm³/mol. The van der Waals surface area contributed by atoms with Crippen molar-refractivity contribution in [1.82, 2.24) is 5.48 Å². The van der Waals surface area contributed by atoms with Crippen LogP contribution < -0.4 is 10.3 Å². The van der Waals surface area contributed by atoms with E-state index in [1.54, 1.807) is 17.5 Å². The van der Waals surface area contributed by atoms with E-state index in [4.69, 9.17) is 4.84 Å². The molecule has 4 heteroatoms. The van der Waals surface area contributed by atoms with Crippen LogP contribution in [0.1, 0.15) is 0 Å². The largest absolute Gasteiger partial charge is 0.379 e. The van der Waals surface area contributed by atoms with E-state index in [0.717, 1.165) is 4.90 Å². The molecule has 96 valence electrons. The van der Waals surface area contributed by atoms with Gasteiger partial charge in [0, 0.05) is 11.0 Å². The molecule has 0 aliphatic heterocycles. The van der Waals surface area contributed by atoms with Crippen LogP contribution in [0.3, 0.4) is 0 Å². The minimum absolute atomic E-state index is 0.299. The molecule has 3 nitrogen and oxygen atoms in total. The fourth-order valence-corrected chi connectivity index (χ4v) is 1.97. The number of nitrogens with one attached hydrogen (secondary N) is 1. The molecule has 0 aliphatic carbocycles. The Morgan fingerprint density at radius 2 is 1.63 bits per heavy atom. The Hall–Kier alpha value is -2.20. The lowest BCUT2D eigenvalue weighted by molar-refractivity contribution is -0.122. The maximum atomic E-state index is 11.5. The molecule has 0 saturated heterocycles. The van der Waals surface area contributed by atoms with Crippen LogP contribution in [0.5, 0.6) is 5.75 Å². The number of benzene rings is 2. The highest BCUT2D eigenvalue weighted by Crippen LogP contribution is 2.17. The highest BCUT2D eigenvalue weighted by Gasteiger charge is 1.96. The number of amides is 1. The average molecular weight is 271 g/mol. The van der Waals surface area contributed by atoms with Crippen molar-refractivity contribution in [2.45, 2.75) is 4.90 Å². The molecular formula is C15H13NO2S. The third kappa shape index (κ3) is 4.89. The molecule has 0 spiro atoms. The van der Waals surface area contributed by atoms with Crippen LogP contribution in [-0.4, -0.2) is 5.91 Å². The summed E-state index contributed by atoms with van der Waals surface area (Å²) in [5, 5.41) is 1.72. The van der Waals surface area contributed by atoms with Crippen molar-refractivity contribution in [2.75, 3.05) is 0 Å². The van der Waals surface area contributed by atoms with E-state index in [1.807, 2.05) is 48.5 Å². The van der Waals surface area contributed by atoms with Gasteiger partial charge in [-0.3, -0.25) is 4.79 Å². The molecule has 1 N–H and O–H groups in total. The number of hydroxylamine groups is 1. The van der Waals surface area contributed by atoms with E-state index in [-0.39, 0.29) is 5.91 Å². The summed E-state index contributed by atoms with van der Waals surface area (Å²) in [7, 11) is 0. The molecule has 2 rings (SSSR count). The second kappa shape index (κ2) is 7.28. The van der Waals surface area contributed by atoms with E-state index >= 15 is 0 Å². The van der Waals surface area contributed by atoms with Gasteiger partial charge in [-0.05, 0) is 29.7 Å². The van der Waals surface area contributed by atoms with Gasteiger partial charge in [0.05, 0.1) is 0 Å². The van der Waals surface area contributed by atoms with Gasteiger partial charge in [-0.15, -0.1) is 0 Å². The van der Waals surface area contributed by atoms with Gasteiger partial charge in [-0.2, -0.15) is 5.48 Å². The van der Waals surface area contributed by atoms with Crippen LogP contribution in [0.25, 0.3) is 0 Å². The molecule has 0 aliphatic rings. The Balaban J connectivity index is 1.75. The van der Waals surface area contributed by atoms with Crippen molar-refractivity contribution < 1.29 is 9.63 Å². The second-order valence-corrected chi connectivity index (χ2v) is 4.59. The minimum atomic E-state index is -0.299. The van der Waals surface area contributed by atoms with Crippen molar-refractivity contribution in [2.24, 2.45) is 0 Å². The maximum absolute atomic E-state index is 11.5. The van der Waals surface area contributed by atoms with Crippen LogP contribution in [0.4, 0.5) is 0 Å². The number of hydrogen-bond donors (Lipinski definition) is 1. The molecular weight excluding hydrogens is 258 g/mol. The predicted octanol–water partition coefficient (Wildman–Crippen LogP) is 3.40. The fourth-order valence-electron chi connectivity index (χ4n) is 1.31. The molecule has 2 aromatic carbocycles. The summed E-state index contributed by atoms with van der Waals surface area (Å²) < 4.78 is 0. The molecule has 0 saturated carbocycles. The monoisotopic (exact) mass is 271 g/mol. The molecule has 2 aromatic rings. The van der Waals surface area contributed by atoms with Crippen LogP contribution in [0, 0.1) is 0 Å². The van der Waals surface area contributed by atoms with E-state index in [1.165, 1.54) is 17.8 Å². The van der Waals surface area contributed by atoms with Gasteiger partial charge in [-0.25, -0.2) is 0 Å². The minimum Gasteiger partial charge on any atom is -0.379 e. The van der Waals surface area contributed by atoms with E-state index in [0.29, 0.717) is 5.75 Å². The first-order chi connectivity index (χ1) is 9.34. The maximum Gasteiger partial charge on any atom is 0.277 e. The zero-order valence-corrected chi connectivity index (χ0v) is 11.0. The number of carbonyl (C=O) groups excluding carboxylic acids is 1. The van der Waals surface area contributed by atoms with E-state index in [9.17, 15) is 4.79 Å². The van der Waals surface area contributed by atoms with Crippen LogP contribution in [-0.2, 0) is 4.79 Å². The third-order valence-corrected chi connectivity index (χ3v) is 3.00. The summed E-state index contributed by atoms with van der Waals surface area (Å²) in [6.07, 6.45) is 1.43. The second-order valence-electron chi connectivity index (χ2n) is 3.62. The number of hydrogen-bond acceptors (Lipinski definition) is 3. The summed E-state index contributed by atoms with van der Waals surface area (Å²) in [4.78, 5) is 17.7. The first-order valence-electron chi connectivity index (χ1n) is 5.75. The van der Waals surface area contributed by atoms with Gasteiger partial charge in [0.1, 0.15) is 0 Å². The Kier molecular flexibility index (Phi) is 5.07. The standard InChI is InChI=1S/C15H13NO2S/c17-15(16-18-13-7-3-1-4-8-13)11-12-19-14-9-5-2-6-10-14/h1-12H,(H,16,17)/b12-11+. The quantitative estimate of drug-likeness (QED) is 0.514. The highest BCUT2D eigenvalue weighted by molar-refractivity contribution is 8.02. The number of rotatable bonds is 5. The van der Waals surface area contributed by atoms with Gasteiger partial charge in [0.25, 0.3) is 5.91 Å². The van der Waals surface area contributed by atoms with Gasteiger partial charge in [0.15, 0.2) is 5.75 Å². The van der Waals surface area contributed by atoms with E-state index in [2.05, 4.69) is 5.48 Å². The number of para-hydroxylation sites is 1. The molecule has 0 aromatic heterocycles. The zero-order chi connectivity index (χ0) is 13.3. The summed E-state index contributed by atoms with van der Waals surface area (Å²) in [5.74, 6) is 0.298. The normalized spacial score (nSPS) is 10.3. The van der Waals surface area contributed by atoms with E-state index < -0.39 is 0 Å². The summed E-state index contributed by atoms with van der Waals surface area (Å²) in [6.45, 7) is 0. The Bertz CT molecular complexity index is 541. The molecule has 1 amide bonds. The lowest BCUT2D eigenvalue weighted by Gasteiger charge is -2.03. The first kappa shape index (κ1) is 13.2. The van der Waals surface area contributed by atoms with Gasteiger partial charge >= 0.3 is 0 Å². The molecule has 0 radical (unpaired) electrons. The van der Waals surface area contributed by atoms with Crippen LogP contribution in [0.15, 0.2) is 77.0 Å². The van der Waals surface area contributed by atoms with Crippen molar-refractivity contribution in [3.8, 4) is 5.75 Å². The number of carbonyl (C=O) groups is 1. The lowest BCUT2D eigenvalue weighted by atomic mass is 10.3. The van der Waals surface area contributed by atoms with Gasteiger partial charge in [-0.1, -0.05) is 48.2 Å². The number of thioether (sulfide) groups is 1.